The number of hydrogen-bond donors (Lipinski definition) is 3. The van der Waals surface area contributed by atoms with Crippen LogP contribution in [0.3, 0.4) is 0 Å². The highest BCUT2D eigenvalue weighted by atomic mass is 35.5. The van der Waals surface area contributed by atoms with Crippen molar-refractivity contribution in [1.29, 1.82) is 0 Å². The van der Waals surface area contributed by atoms with Gasteiger partial charge in [-0.3, -0.25) is 9.36 Å². The van der Waals surface area contributed by atoms with Gasteiger partial charge in [0.2, 0.25) is 5.91 Å². The molecule has 0 fully saturated rings. The number of amidine groups is 1. The van der Waals surface area contributed by atoms with Gasteiger partial charge in [0.05, 0.1) is 12.0 Å². The van der Waals surface area contributed by atoms with Crippen molar-refractivity contribution < 1.29 is 36.3 Å². The summed E-state index contributed by atoms with van der Waals surface area (Å²) in [7, 11) is 0. The van der Waals surface area contributed by atoms with Crippen molar-refractivity contribution >= 4 is 23.3 Å². The molecule has 0 bridgehead atoms. The molecule has 16 heteroatoms. The van der Waals surface area contributed by atoms with E-state index in [0.717, 1.165) is 16.7 Å². The molecule has 1 amide bonds. The van der Waals surface area contributed by atoms with Crippen molar-refractivity contribution in [2.75, 3.05) is 0 Å². The van der Waals surface area contributed by atoms with Crippen molar-refractivity contribution in [3.63, 3.8) is 0 Å². The summed E-state index contributed by atoms with van der Waals surface area (Å²) in [4.78, 5) is 25.9. The Labute approximate surface area is 221 Å². The summed E-state index contributed by atoms with van der Waals surface area (Å²) >= 11 is 5.85. The maximum absolute atomic E-state index is 13.2. The number of alkyl halides is 6. The summed E-state index contributed by atoms with van der Waals surface area (Å²) in [6.45, 7) is -0.487. The summed E-state index contributed by atoms with van der Waals surface area (Å²) in [6.07, 6.45) is -10.7. The Morgan fingerprint density at radius 2 is 1.72 bits per heavy atom. The zero-order chi connectivity index (χ0) is 29.2. The van der Waals surface area contributed by atoms with Gasteiger partial charge in [-0.05, 0) is 48.9 Å². The van der Waals surface area contributed by atoms with Gasteiger partial charge in [-0.15, -0.1) is 5.10 Å². The van der Waals surface area contributed by atoms with Gasteiger partial charge in [-0.1, -0.05) is 28.9 Å². The molecule has 0 aliphatic carbocycles. The highest BCUT2D eigenvalue weighted by molar-refractivity contribution is 6.30. The van der Waals surface area contributed by atoms with E-state index in [2.05, 4.69) is 15.6 Å². The smallest absolute Gasteiger partial charge is 0.409 e. The van der Waals surface area contributed by atoms with Crippen LogP contribution in [0.2, 0.25) is 5.02 Å². The van der Waals surface area contributed by atoms with Crippen LogP contribution < -0.4 is 16.7 Å². The van der Waals surface area contributed by atoms with Gasteiger partial charge in [-0.25, -0.2) is 9.48 Å². The second kappa shape index (κ2) is 11.0. The number of nitrogens with two attached hydrogens (primary N) is 1. The van der Waals surface area contributed by atoms with Crippen LogP contribution in [-0.2, 0) is 29.6 Å². The average Bonchev–Trinajstić information content (AvgIpc) is 3.16. The number of benzene rings is 2. The Bertz CT molecular complexity index is 1430. The maximum Gasteiger partial charge on any atom is 0.416 e. The molecule has 1 unspecified atom stereocenters. The van der Waals surface area contributed by atoms with Gasteiger partial charge in [0.1, 0.15) is 12.1 Å². The van der Waals surface area contributed by atoms with Crippen LogP contribution in [0.15, 0.2) is 58.5 Å². The van der Waals surface area contributed by atoms with Crippen LogP contribution in [-0.4, -0.2) is 37.5 Å². The zero-order valence-electron chi connectivity index (χ0n) is 20.0. The van der Waals surface area contributed by atoms with Crippen LogP contribution >= 0.6 is 11.6 Å². The lowest BCUT2D eigenvalue weighted by atomic mass is 9.89. The summed E-state index contributed by atoms with van der Waals surface area (Å²) in [6, 6.07) is 9.42. The standard InChI is InChI=1S/C23H21ClF6N6O3/c1-21(19(31)34-39,14-3-2-4-15(11-14)23(28,29)30)32-17(37)12-36-20(38)35(10-9-22(25,26)27)18(33-36)13-5-7-16(24)8-6-13/h2-8,11,39H,9-10,12H2,1H3,(H2,31,34)(H,32,37). The van der Waals surface area contributed by atoms with Gasteiger partial charge < -0.3 is 16.3 Å². The first kappa shape index (κ1) is 29.5. The molecule has 3 rings (SSSR count). The lowest BCUT2D eigenvalue weighted by Gasteiger charge is -2.30. The number of nitrogens with one attached hydrogen (secondary N) is 1. The van der Waals surface area contributed by atoms with E-state index < -0.39 is 60.4 Å². The monoisotopic (exact) mass is 578 g/mol. The minimum atomic E-state index is -4.74. The highest BCUT2D eigenvalue weighted by Gasteiger charge is 2.37. The van der Waals surface area contributed by atoms with Crippen molar-refractivity contribution in [2.45, 2.75) is 44.3 Å². The summed E-state index contributed by atoms with van der Waals surface area (Å²) in [5.74, 6) is -1.88. The third-order valence-corrected chi connectivity index (χ3v) is 5.97. The number of oxime groups is 1. The minimum Gasteiger partial charge on any atom is -0.409 e. The number of halogens is 7. The third kappa shape index (κ3) is 6.90. The van der Waals surface area contributed by atoms with Gasteiger partial charge in [0.15, 0.2) is 11.7 Å². The predicted molar refractivity (Wildman–Crippen MR) is 128 cm³/mol. The Morgan fingerprint density at radius 3 is 2.28 bits per heavy atom. The lowest BCUT2D eigenvalue weighted by Crippen LogP contribution is -2.54. The number of carbonyl (C=O) groups is 1. The molecule has 39 heavy (non-hydrogen) atoms. The van der Waals surface area contributed by atoms with Crippen molar-refractivity contribution in [3.8, 4) is 11.4 Å². The molecule has 4 N–H and O–H groups in total. The van der Waals surface area contributed by atoms with E-state index >= 15 is 0 Å². The molecule has 0 aliphatic rings. The SMILES string of the molecule is CC(NC(=O)Cn1nc(-c2ccc(Cl)cc2)n(CCC(F)(F)F)c1=O)(/C(N)=N/O)c1cccc(C(F)(F)F)c1. The van der Waals surface area contributed by atoms with Gasteiger partial charge in [0, 0.05) is 17.1 Å². The molecule has 210 valence electrons. The summed E-state index contributed by atoms with van der Waals surface area (Å²) in [5.41, 5.74) is 1.65. The number of nitrogens with zero attached hydrogens (tertiary/aromatic N) is 4. The van der Waals surface area contributed by atoms with E-state index in [1.807, 2.05) is 0 Å². The summed E-state index contributed by atoms with van der Waals surface area (Å²) < 4.78 is 79.8. The highest BCUT2D eigenvalue weighted by Crippen LogP contribution is 2.32. The first-order valence-corrected chi connectivity index (χ1v) is 11.4. The van der Waals surface area contributed by atoms with Crippen molar-refractivity contribution in [3.05, 3.63) is 75.2 Å². The van der Waals surface area contributed by atoms with Crippen molar-refractivity contribution in [1.82, 2.24) is 19.7 Å². The van der Waals surface area contributed by atoms with E-state index in [1.54, 1.807) is 0 Å². The Kier molecular flexibility index (Phi) is 8.33. The van der Waals surface area contributed by atoms with Gasteiger partial charge in [0.25, 0.3) is 0 Å². The van der Waals surface area contributed by atoms with Crippen LogP contribution in [0.4, 0.5) is 26.3 Å². The number of amides is 1. The average molecular weight is 579 g/mol. The molecular weight excluding hydrogens is 558 g/mol. The zero-order valence-corrected chi connectivity index (χ0v) is 20.8. The van der Waals surface area contributed by atoms with E-state index in [-0.39, 0.29) is 17.0 Å². The lowest BCUT2D eigenvalue weighted by molar-refractivity contribution is -0.138. The Morgan fingerprint density at radius 1 is 1.10 bits per heavy atom. The second-order valence-corrected chi connectivity index (χ2v) is 8.96. The fraction of sp³-hybridized carbons (Fsp3) is 0.304. The largest absolute Gasteiger partial charge is 0.416 e. The van der Waals surface area contributed by atoms with E-state index in [9.17, 15) is 41.1 Å². The predicted octanol–water partition coefficient (Wildman–Crippen LogP) is 4.11. The quantitative estimate of drug-likeness (QED) is 0.122. The fourth-order valence-electron chi connectivity index (χ4n) is 3.64. The van der Waals surface area contributed by atoms with Crippen LogP contribution in [0, 0.1) is 0 Å². The molecule has 0 saturated heterocycles. The Balaban J connectivity index is 1.98. The maximum atomic E-state index is 13.2. The topological polar surface area (TPSA) is 128 Å². The van der Waals surface area contributed by atoms with Gasteiger partial charge >= 0.3 is 18.0 Å². The molecule has 0 spiro atoms. The van der Waals surface area contributed by atoms with Crippen LogP contribution in [0.5, 0.6) is 0 Å². The molecule has 1 aromatic heterocycles. The van der Waals surface area contributed by atoms with Crippen LogP contribution in [0.25, 0.3) is 11.4 Å². The molecule has 1 heterocycles. The molecule has 1 atom stereocenters. The first-order chi connectivity index (χ1) is 18.0. The number of carbonyl (C=O) groups excluding carboxylic acids is 1. The first-order valence-electron chi connectivity index (χ1n) is 11.0. The minimum absolute atomic E-state index is 0.175. The molecule has 0 saturated carbocycles. The number of hydrogen-bond acceptors (Lipinski definition) is 5. The van der Waals surface area contributed by atoms with E-state index in [4.69, 9.17) is 17.3 Å². The molecule has 0 aliphatic heterocycles. The molecule has 9 nitrogen and oxygen atoms in total. The van der Waals surface area contributed by atoms with Crippen molar-refractivity contribution in [2.24, 2.45) is 10.9 Å². The second-order valence-electron chi connectivity index (χ2n) is 8.52. The van der Waals surface area contributed by atoms with E-state index in [0.29, 0.717) is 15.8 Å². The Hall–Kier alpha value is -4.01. The molecule has 0 radical (unpaired) electrons. The van der Waals surface area contributed by atoms with Gasteiger partial charge in [-0.2, -0.15) is 26.3 Å². The molecule has 3 aromatic rings. The number of rotatable bonds is 8. The summed E-state index contributed by atoms with van der Waals surface area (Å²) in [5, 5.41) is 18.7. The number of aromatic nitrogens is 3. The van der Waals surface area contributed by atoms with E-state index in [1.165, 1.54) is 37.3 Å². The fourth-order valence-corrected chi connectivity index (χ4v) is 3.77. The normalized spacial score (nSPS) is 14.2. The van der Waals surface area contributed by atoms with Crippen LogP contribution in [0.1, 0.15) is 24.5 Å². The molecular formula is C23H21ClF6N6O3. The molecule has 2 aromatic carbocycles. The third-order valence-electron chi connectivity index (χ3n) is 5.71.